The SMILES string of the molecule is C=C(c1ccc(F)cc1)N1C=CC=CC1. The number of benzene rings is 1. The van der Waals surface area contributed by atoms with Crippen LogP contribution in [-0.4, -0.2) is 11.4 Å². The summed E-state index contributed by atoms with van der Waals surface area (Å²) in [6, 6.07) is 6.38. The molecule has 0 saturated heterocycles. The minimum Gasteiger partial charge on any atom is -0.344 e. The van der Waals surface area contributed by atoms with Crippen LogP contribution < -0.4 is 0 Å². The highest BCUT2D eigenvalue weighted by Crippen LogP contribution is 2.19. The van der Waals surface area contributed by atoms with Crippen LogP contribution in [0.25, 0.3) is 5.70 Å². The van der Waals surface area contributed by atoms with Crippen LogP contribution in [0.2, 0.25) is 0 Å². The lowest BCUT2D eigenvalue weighted by Gasteiger charge is -2.23. The van der Waals surface area contributed by atoms with Crippen molar-refractivity contribution in [1.82, 2.24) is 4.90 Å². The first-order chi connectivity index (χ1) is 7.27. The molecule has 2 heteroatoms. The average molecular weight is 201 g/mol. The molecule has 0 N–H and O–H groups in total. The van der Waals surface area contributed by atoms with E-state index in [1.807, 2.05) is 23.3 Å². The van der Waals surface area contributed by atoms with Gasteiger partial charge in [-0.3, -0.25) is 0 Å². The zero-order chi connectivity index (χ0) is 10.7. The zero-order valence-electron chi connectivity index (χ0n) is 8.36. The second kappa shape index (κ2) is 4.13. The molecule has 15 heavy (non-hydrogen) atoms. The number of halogens is 1. The Kier molecular flexibility index (Phi) is 2.68. The molecule has 1 aliphatic rings. The molecule has 0 unspecified atom stereocenters. The predicted molar refractivity (Wildman–Crippen MR) is 60.4 cm³/mol. The highest BCUT2D eigenvalue weighted by molar-refractivity contribution is 5.63. The Morgan fingerprint density at radius 1 is 1.20 bits per heavy atom. The van der Waals surface area contributed by atoms with Gasteiger partial charge in [-0.25, -0.2) is 4.39 Å². The van der Waals surface area contributed by atoms with E-state index in [2.05, 4.69) is 12.7 Å². The molecule has 0 spiro atoms. The number of hydrogen-bond acceptors (Lipinski definition) is 1. The lowest BCUT2D eigenvalue weighted by Crippen LogP contribution is -2.16. The fourth-order valence-corrected chi connectivity index (χ4v) is 1.48. The largest absolute Gasteiger partial charge is 0.344 e. The molecule has 1 nitrogen and oxygen atoms in total. The van der Waals surface area contributed by atoms with E-state index in [0.717, 1.165) is 17.8 Å². The molecule has 0 bridgehead atoms. The topological polar surface area (TPSA) is 3.24 Å². The second-order valence-corrected chi connectivity index (χ2v) is 3.38. The molecule has 0 aliphatic carbocycles. The van der Waals surface area contributed by atoms with Crippen molar-refractivity contribution < 1.29 is 4.39 Å². The van der Waals surface area contributed by atoms with E-state index in [-0.39, 0.29) is 5.82 Å². The summed E-state index contributed by atoms with van der Waals surface area (Å²) in [5.41, 5.74) is 1.83. The van der Waals surface area contributed by atoms with Gasteiger partial charge in [0.1, 0.15) is 5.82 Å². The molecule has 0 amide bonds. The Hall–Kier alpha value is -1.83. The van der Waals surface area contributed by atoms with E-state index in [9.17, 15) is 4.39 Å². The van der Waals surface area contributed by atoms with Gasteiger partial charge in [-0.2, -0.15) is 0 Å². The molecule has 1 heterocycles. The van der Waals surface area contributed by atoms with Crippen molar-refractivity contribution >= 4 is 5.70 Å². The van der Waals surface area contributed by atoms with Crippen LogP contribution in [0.4, 0.5) is 4.39 Å². The minimum atomic E-state index is -0.222. The predicted octanol–water partition coefficient (Wildman–Crippen LogP) is 3.18. The van der Waals surface area contributed by atoms with Crippen LogP contribution in [0.5, 0.6) is 0 Å². The molecule has 1 aromatic carbocycles. The van der Waals surface area contributed by atoms with Crippen molar-refractivity contribution in [3.63, 3.8) is 0 Å². The van der Waals surface area contributed by atoms with Crippen LogP contribution in [-0.2, 0) is 0 Å². The zero-order valence-corrected chi connectivity index (χ0v) is 8.36. The van der Waals surface area contributed by atoms with E-state index in [0.29, 0.717) is 0 Å². The van der Waals surface area contributed by atoms with Crippen molar-refractivity contribution in [2.24, 2.45) is 0 Å². The van der Waals surface area contributed by atoms with Crippen molar-refractivity contribution in [1.29, 1.82) is 0 Å². The van der Waals surface area contributed by atoms with Gasteiger partial charge >= 0.3 is 0 Å². The van der Waals surface area contributed by atoms with Gasteiger partial charge in [0.2, 0.25) is 0 Å². The molecule has 0 aromatic heterocycles. The van der Waals surface area contributed by atoms with E-state index in [4.69, 9.17) is 0 Å². The van der Waals surface area contributed by atoms with Crippen molar-refractivity contribution in [2.75, 3.05) is 6.54 Å². The molecule has 1 aromatic rings. The first kappa shape index (κ1) is 9.71. The van der Waals surface area contributed by atoms with Crippen LogP contribution in [0.15, 0.2) is 55.3 Å². The summed E-state index contributed by atoms with van der Waals surface area (Å²) in [7, 11) is 0. The lowest BCUT2D eigenvalue weighted by molar-refractivity contribution is 0.587. The van der Waals surface area contributed by atoms with Gasteiger partial charge in [-0.05, 0) is 23.8 Å². The third kappa shape index (κ3) is 2.15. The first-order valence-electron chi connectivity index (χ1n) is 4.82. The fraction of sp³-hybridized carbons (Fsp3) is 0.0769. The summed E-state index contributed by atoms with van der Waals surface area (Å²) in [6.07, 6.45) is 7.97. The van der Waals surface area contributed by atoms with Gasteiger partial charge in [0.25, 0.3) is 0 Å². The maximum atomic E-state index is 12.7. The fourth-order valence-electron chi connectivity index (χ4n) is 1.48. The van der Waals surface area contributed by atoms with Gasteiger partial charge in [0.05, 0.1) is 0 Å². The minimum absolute atomic E-state index is 0.222. The highest BCUT2D eigenvalue weighted by atomic mass is 19.1. The standard InChI is InChI=1S/C13H12FN/c1-11(15-9-3-2-4-10-15)12-5-7-13(14)8-6-12/h2-9H,1,10H2. The second-order valence-electron chi connectivity index (χ2n) is 3.38. The van der Waals surface area contributed by atoms with Gasteiger partial charge in [0, 0.05) is 18.4 Å². The quantitative estimate of drug-likeness (QED) is 0.710. The Balaban J connectivity index is 2.17. The third-order valence-corrected chi connectivity index (χ3v) is 2.34. The smallest absolute Gasteiger partial charge is 0.123 e. The normalized spacial score (nSPS) is 14.3. The van der Waals surface area contributed by atoms with Crippen molar-refractivity contribution in [2.45, 2.75) is 0 Å². The number of rotatable bonds is 2. The molecule has 0 saturated carbocycles. The van der Waals surface area contributed by atoms with Crippen LogP contribution in [0, 0.1) is 5.82 Å². The monoisotopic (exact) mass is 201 g/mol. The molecule has 2 rings (SSSR count). The number of allylic oxidation sites excluding steroid dienone is 2. The maximum absolute atomic E-state index is 12.7. The van der Waals surface area contributed by atoms with Crippen LogP contribution in [0.1, 0.15) is 5.56 Å². The number of hydrogen-bond donors (Lipinski definition) is 0. The Morgan fingerprint density at radius 3 is 2.53 bits per heavy atom. The third-order valence-electron chi connectivity index (χ3n) is 2.34. The van der Waals surface area contributed by atoms with Gasteiger partial charge < -0.3 is 4.90 Å². The summed E-state index contributed by atoms with van der Waals surface area (Å²) in [5, 5.41) is 0. The number of nitrogens with zero attached hydrogens (tertiary/aromatic N) is 1. The van der Waals surface area contributed by atoms with Crippen molar-refractivity contribution in [3.05, 3.63) is 66.7 Å². The summed E-state index contributed by atoms with van der Waals surface area (Å²) in [4.78, 5) is 2.02. The summed E-state index contributed by atoms with van der Waals surface area (Å²) in [6.45, 7) is 4.81. The maximum Gasteiger partial charge on any atom is 0.123 e. The van der Waals surface area contributed by atoms with Crippen LogP contribution >= 0.6 is 0 Å². The highest BCUT2D eigenvalue weighted by Gasteiger charge is 2.06. The van der Waals surface area contributed by atoms with Gasteiger partial charge in [-0.1, -0.05) is 30.9 Å². The van der Waals surface area contributed by atoms with E-state index in [1.54, 1.807) is 12.1 Å². The Bertz CT molecular complexity index is 415. The molecule has 0 fully saturated rings. The molecule has 0 radical (unpaired) electrons. The first-order valence-corrected chi connectivity index (χ1v) is 4.82. The lowest BCUT2D eigenvalue weighted by atomic mass is 10.1. The molecular formula is C13H12FN. The molecule has 76 valence electrons. The van der Waals surface area contributed by atoms with Crippen molar-refractivity contribution in [3.8, 4) is 0 Å². The van der Waals surface area contributed by atoms with Gasteiger partial charge in [0.15, 0.2) is 0 Å². The van der Waals surface area contributed by atoms with E-state index >= 15 is 0 Å². The summed E-state index contributed by atoms with van der Waals surface area (Å²) < 4.78 is 12.7. The van der Waals surface area contributed by atoms with E-state index in [1.165, 1.54) is 12.1 Å². The summed E-state index contributed by atoms with van der Waals surface area (Å²) >= 11 is 0. The average Bonchev–Trinajstić information content (AvgIpc) is 2.30. The molecular weight excluding hydrogens is 189 g/mol. The summed E-state index contributed by atoms with van der Waals surface area (Å²) in [5.74, 6) is -0.222. The van der Waals surface area contributed by atoms with E-state index < -0.39 is 0 Å². The van der Waals surface area contributed by atoms with Crippen LogP contribution in [0.3, 0.4) is 0 Å². The molecule has 0 atom stereocenters. The van der Waals surface area contributed by atoms with Gasteiger partial charge in [-0.15, -0.1) is 0 Å². The Labute approximate surface area is 88.8 Å². The Morgan fingerprint density at radius 2 is 1.93 bits per heavy atom. The molecule has 1 aliphatic heterocycles.